The largest absolute Gasteiger partial charge is 0.497 e. The van der Waals surface area contributed by atoms with Gasteiger partial charge in [0.25, 0.3) is 0 Å². The van der Waals surface area contributed by atoms with Crippen LogP contribution in [0.5, 0.6) is 5.75 Å². The van der Waals surface area contributed by atoms with E-state index in [9.17, 15) is 0 Å². The Morgan fingerprint density at radius 2 is 1.31 bits per heavy atom. The molecule has 29 heavy (non-hydrogen) atoms. The molecule has 1 heterocycles. The van der Waals surface area contributed by atoms with Crippen LogP contribution in [0.1, 0.15) is 22.6 Å². The Morgan fingerprint density at radius 1 is 0.759 bits per heavy atom. The topological polar surface area (TPSA) is 74.2 Å². The fourth-order valence-corrected chi connectivity index (χ4v) is 3.68. The minimum absolute atomic E-state index is 0.0696. The second kappa shape index (κ2) is 8.07. The summed E-state index contributed by atoms with van der Waals surface area (Å²) in [5.74, 6) is 1.07. The van der Waals surface area contributed by atoms with Gasteiger partial charge >= 0.3 is 0 Å². The van der Waals surface area contributed by atoms with Crippen LogP contribution >= 0.6 is 0 Å². The molecular formula is C25H23N3O. The number of hydrogen-bond acceptors (Lipinski definition) is 4. The van der Waals surface area contributed by atoms with E-state index in [1.807, 2.05) is 66.9 Å². The van der Waals surface area contributed by atoms with Gasteiger partial charge in [0.05, 0.1) is 12.8 Å². The Morgan fingerprint density at radius 3 is 1.83 bits per heavy atom. The average Bonchev–Trinajstić information content (AvgIpc) is 2.78. The highest BCUT2D eigenvalue weighted by Gasteiger charge is 2.24. The van der Waals surface area contributed by atoms with Gasteiger partial charge < -0.3 is 16.2 Å². The fraction of sp³-hybridized carbons (Fsp3) is 0.0800. The van der Waals surface area contributed by atoms with Gasteiger partial charge in [-0.05, 0) is 28.8 Å². The first-order valence-electron chi connectivity index (χ1n) is 9.47. The molecule has 0 aliphatic rings. The van der Waals surface area contributed by atoms with E-state index in [1.54, 1.807) is 7.11 Å². The zero-order valence-corrected chi connectivity index (χ0v) is 16.2. The van der Waals surface area contributed by atoms with Crippen LogP contribution < -0.4 is 16.2 Å². The van der Waals surface area contributed by atoms with E-state index in [0.717, 1.165) is 33.6 Å². The summed E-state index contributed by atoms with van der Waals surface area (Å²) in [6, 6.07) is 28.6. The molecule has 4 heteroatoms. The standard InChI is InChI=1S/C25H23N3O/c1-29-20-14-12-17(13-15-20)21-16-28-25(27)24(26)23(21)22(18-8-4-2-5-9-18)19-10-6-3-7-11-19/h2-16,22H,26H2,1H3,(H2,27,28). The monoisotopic (exact) mass is 381 g/mol. The van der Waals surface area contributed by atoms with Gasteiger partial charge in [-0.3, -0.25) is 0 Å². The first-order chi connectivity index (χ1) is 14.2. The van der Waals surface area contributed by atoms with E-state index in [4.69, 9.17) is 16.2 Å². The quantitative estimate of drug-likeness (QED) is 0.504. The minimum Gasteiger partial charge on any atom is -0.497 e. The molecule has 4 N–H and O–H groups in total. The molecule has 0 radical (unpaired) electrons. The number of hydrogen-bond donors (Lipinski definition) is 2. The number of nitrogens with two attached hydrogens (primary N) is 2. The predicted octanol–water partition coefficient (Wildman–Crippen LogP) is 5.10. The van der Waals surface area contributed by atoms with Gasteiger partial charge in [0, 0.05) is 23.2 Å². The van der Waals surface area contributed by atoms with Crippen LogP contribution in [0.25, 0.3) is 11.1 Å². The van der Waals surface area contributed by atoms with E-state index in [2.05, 4.69) is 29.2 Å². The third kappa shape index (κ3) is 3.65. The van der Waals surface area contributed by atoms with Crippen LogP contribution in [0.3, 0.4) is 0 Å². The fourth-order valence-electron chi connectivity index (χ4n) is 3.68. The zero-order valence-electron chi connectivity index (χ0n) is 16.2. The molecule has 144 valence electrons. The molecule has 0 saturated heterocycles. The summed E-state index contributed by atoms with van der Waals surface area (Å²) in [5, 5.41) is 0. The maximum absolute atomic E-state index is 6.54. The molecule has 0 fully saturated rings. The van der Waals surface area contributed by atoms with Crippen molar-refractivity contribution in [2.45, 2.75) is 5.92 Å². The molecular weight excluding hydrogens is 358 g/mol. The van der Waals surface area contributed by atoms with Crippen molar-refractivity contribution < 1.29 is 4.74 Å². The lowest BCUT2D eigenvalue weighted by atomic mass is 9.81. The number of benzene rings is 3. The molecule has 4 rings (SSSR count). The van der Waals surface area contributed by atoms with Crippen molar-refractivity contribution >= 4 is 11.5 Å². The molecule has 0 atom stereocenters. The van der Waals surface area contributed by atoms with Crippen molar-refractivity contribution in [3.63, 3.8) is 0 Å². The molecule has 0 aliphatic carbocycles. The van der Waals surface area contributed by atoms with Gasteiger partial charge in [-0.2, -0.15) is 0 Å². The summed E-state index contributed by atoms with van der Waals surface area (Å²) in [5.41, 5.74) is 18.4. The highest BCUT2D eigenvalue weighted by atomic mass is 16.5. The van der Waals surface area contributed by atoms with Crippen molar-refractivity contribution in [1.29, 1.82) is 0 Å². The van der Waals surface area contributed by atoms with Crippen molar-refractivity contribution in [2.75, 3.05) is 18.6 Å². The smallest absolute Gasteiger partial charge is 0.146 e. The molecule has 0 saturated carbocycles. The summed E-state index contributed by atoms with van der Waals surface area (Å²) in [6.45, 7) is 0. The Balaban J connectivity index is 1.98. The SMILES string of the molecule is COc1ccc(-c2cnc(N)c(N)c2C(c2ccccc2)c2ccccc2)cc1. The van der Waals surface area contributed by atoms with E-state index < -0.39 is 0 Å². The lowest BCUT2D eigenvalue weighted by molar-refractivity contribution is 0.415. The summed E-state index contributed by atoms with van der Waals surface area (Å²) in [6.07, 6.45) is 1.81. The van der Waals surface area contributed by atoms with Crippen molar-refractivity contribution in [2.24, 2.45) is 0 Å². The van der Waals surface area contributed by atoms with Crippen LogP contribution in [-0.4, -0.2) is 12.1 Å². The predicted molar refractivity (Wildman–Crippen MR) is 119 cm³/mol. The minimum atomic E-state index is -0.0696. The van der Waals surface area contributed by atoms with Gasteiger partial charge in [0.2, 0.25) is 0 Å². The highest BCUT2D eigenvalue weighted by molar-refractivity contribution is 5.80. The Hall–Kier alpha value is -3.79. The maximum Gasteiger partial charge on any atom is 0.146 e. The Bertz CT molecular complexity index is 1050. The first kappa shape index (κ1) is 18.6. The van der Waals surface area contributed by atoms with Crippen molar-refractivity contribution in [3.8, 4) is 16.9 Å². The van der Waals surface area contributed by atoms with Crippen molar-refractivity contribution in [1.82, 2.24) is 4.98 Å². The number of ether oxygens (including phenoxy) is 1. The number of rotatable bonds is 5. The molecule has 4 aromatic rings. The molecule has 0 aliphatic heterocycles. The molecule has 0 bridgehead atoms. The first-order valence-corrected chi connectivity index (χ1v) is 9.47. The maximum atomic E-state index is 6.54. The Labute approximate surface area is 170 Å². The summed E-state index contributed by atoms with van der Waals surface area (Å²) >= 11 is 0. The van der Waals surface area contributed by atoms with E-state index in [-0.39, 0.29) is 5.92 Å². The number of methoxy groups -OCH3 is 1. The van der Waals surface area contributed by atoms with Gasteiger partial charge in [-0.15, -0.1) is 0 Å². The van der Waals surface area contributed by atoms with Crippen LogP contribution in [0.15, 0.2) is 91.1 Å². The van der Waals surface area contributed by atoms with Crippen molar-refractivity contribution in [3.05, 3.63) is 108 Å². The number of pyridine rings is 1. The number of nitrogens with zero attached hydrogens (tertiary/aromatic N) is 1. The van der Waals surface area contributed by atoms with E-state index >= 15 is 0 Å². The molecule has 0 spiro atoms. The summed E-state index contributed by atoms with van der Waals surface area (Å²) < 4.78 is 5.30. The lowest BCUT2D eigenvalue weighted by Crippen LogP contribution is -2.11. The molecule has 1 aromatic heterocycles. The van der Waals surface area contributed by atoms with E-state index in [0.29, 0.717) is 11.5 Å². The molecule has 0 unspecified atom stereocenters. The molecule has 3 aromatic carbocycles. The lowest BCUT2D eigenvalue weighted by Gasteiger charge is -2.24. The number of aromatic nitrogens is 1. The summed E-state index contributed by atoms with van der Waals surface area (Å²) in [4.78, 5) is 4.35. The van der Waals surface area contributed by atoms with E-state index in [1.165, 1.54) is 0 Å². The van der Waals surface area contributed by atoms with Gasteiger partial charge in [0.1, 0.15) is 11.6 Å². The van der Waals surface area contributed by atoms with Gasteiger partial charge in [0.15, 0.2) is 0 Å². The normalized spacial score (nSPS) is 10.8. The average molecular weight is 381 g/mol. The number of anilines is 2. The van der Waals surface area contributed by atoms with Crippen LogP contribution in [0.2, 0.25) is 0 Å². The highest BCUT2D eigenvalue weighted by Crippen LogP contribution is 2.42. The second-order valence-corrected chi connectivity index (χ2v) is 6.87. The van der Waals surface area contributed by atoms with Gasteiger partial charge in [-0.25, -0.2) is 4.98 Å². The Kier molecular flexibility index (Phi) is 5.16. The summed E-state index contributed by atoms with van der Waals surface area (Å²) in [7, 11) is 1.66. The number of nitrogen functional groups attached to an aromatic ring is 2. The molecule has 0 amide bonds. The van der Waals surface area contributed by atoms with Crippen LogP contribution in [0, 0.1) is 0 Å². The zero-order chi connectivity index (χ0) is 20.2. The second-order valence-electron chi connectivity index (χ2n) is 6.87. The van der Waals surface area contributed by atoms with Crippen LogP contribution in [0.4, 0.5) is 11.5 Å². The van der Waals surface area contributed by atoms with Gasteiger partial charge in [-0.1, -0.05) is 72.8 Å². The third-order valence-electron chi connectivity index (χ3n) is 5.14. The molecule has 4 nitrogen and oxygen atoms in total. The van der Waals surface area contributed by atoms with Crippen LogP contribution in [-0.2, 0) is 0 Å². The third-order valence-corrected chi connectivity index (χ3v) is 5.14.